The van der Waals surface area contributed by atoms with Crippen molar-refractivity contribution in [1.82, 2.24) is 8.87 Å². The highest BCUT2D eigenvalue weighted by Crippen LogP contribution is 2.32. The van der Waals surface area contributed by atoms with Crippen molar-refractivity contribution in [2.45, 2.75) is 43.8 Å². The van der Waals surface area contributed by atoms with Gasteiger partial charge in [0.15, 0.2) is 0 Å². The van der Waals surface area contributed by atoms with Gasteiger partial charge in [-0.3, -0.25) is 0 Å². The Morgan fingerprint density at radius 1 is 1.09 bits per heavy atom. The van der Waals surface area contributed by atoms with Crippen LogP contribution in [0.5, 0.6) is 5.75 Å². The molecule has 0 aliphatic carbocycles. The van der Waals surface area contributed by atoms with Gasteiger partial charge in [0.2, 0.25) is 0 Å². The molecule has 0 spiro atoms. The quantitative estimate of drug-likeness (QED) is 0.526. The van der Waals surface area contributed by atoms with Crippen LogP contribution in [0.2, 0.25) is 0 Å². The highest BCUT2D eigenvalue weighted by molar-refractivity contribution is 7.90. The number of carbonyl (C=O) groups is 1. The van der Waals surface area contributed by atoms with Crippen molar-refractivity contribution in [2.75, 3.05) is 13.1 Å². The van der Waals surface area contributed by atoms with Crippen molar-refractivity contribution >= 4 is 27.0 Å². The van der Waals surface area contributed by atoms with Crippen LogP contribution in [0.3, 0.4) is 0 Å². The van der Waals surface area contributed by atoms with E-state index in [1.54, 1.807) is 17.0 Å². The van der Waals surface area contributed by atoms with Crippen LogP contribution in [0.25, 0.3) is 10.9 Å². The van der Waals surface area contributed by atoms with Gasteiger partial charge < -0.3 is 14.4 Å². The number of aromatic nitrogens is 1. The molecule has 10 heteroatoms. The third-order valence-electron chi connectivity index (χ3n) is 5.27. The summed E-state index contributed by atoms with van der Waals surface area (Å²) in [7, 11) is -4.02. The molecular weight excluding hydrogens is 454 g/mol. The number of alkyl halides is 2. The molecule has 2 aromatic carbocycles. The Kier molecular flexibility index (Phi) is 5.81. The van der Waals surface area contributed by atoms with E-state index in [0.29, 0.717) is 24.0 Å². The summed E-state index contributed by atoms with van der Waals surface area (Å²) in [5.41, 5.74) is 0.896. The van der Waals surface area contributed by atoms with E-state index in [4.69, 9.17) is 4.74 Å². The smallest absolute Gasteiger partial charge is 0.410 e. The summed E-state index contributed by atoms with van der Waals surface area (Å²) in [5, 5.41) is 0.715. The zero-order valence-electron chi connectivity index (χ0n) is 18.4. The van der Waals surface area contributed by atoms with Gasteiger partial charge in [-0.2, -0.15) is 8.78 Å². The predicted molar refractivity (Wildman–Crippen MR) is 118 cm³/mol. The van der Waals surface area contributed by atoms with Crippen molar-refractivity contribution in [3.05, 3.63) is 60.3 Å². The summed E-state index contributed by atoms with van der Waals surface area (Å²) in [6.45, 7) is 3.45. The predicted octanol–water partition coefficient (Wildman–Crippen LogP) is 4.81. The number of fused-ring (bicyclic) bond motifs is 1. The zero-order chi connectivity index (χ0) is 24.0. The van der Waals surface area contributed by atoms with E-state index in [1.807, 2.05) is 32.9 Å². The van der Waals surface area contributed by atoms with Gasteiger partial charge in [-0.05, 0) is 56.7 Å². The molecule has 3 aromatic rings. The molecule has 0 saturated carbocycles. The Hall–Kier alpha value is -3.14. The molecule has 33 heavy (non-hydrogen) atoms. The summed E-state index contributed by atoms with van der Waals surface area (Å²) in [5.74, 6) is -0.102. The van der Waals surface area contributed by atoms with Crippen molar-refractivity contribution in [3.8, 4) is 5.75 Å². The number of ether oxygens (including phenoxy) is 2. The van der Waals surface area contributed by atoms with E-state index in [0.717, 1.165) is 15.6 Å². The van der Waals surface area contributed by atoms with Crippen molar-refractivity contribution in [3.63, 3.8) is 0 Å². The molecule has 0 atom stereocenters. The van der Waals surface area contributed by atoms with E-state index in [9.17, 15) is 22.0 Å². The van der Waals surface area contributed by atoms with Crippen molar-refractivity contribution < 1.29 is 31.5 Å². The lowest BCUT2D eigenvalue weighted by atomic mass is 9.91. The van der Waals surface area contributed by atoms with Crippen LogP contribution in [-0.4, -0.2) is 48.7 Å². The summed E-state index contributed by atoms with van der Waals surface area (Å²) in [4.78, 5) is 13.6. The lowest BCUT2D eigenvalue weighted by molar-refractivity contribution is -0.0500. The van der Waals surface area contributed by atoms with Crippen molar-refractivity contribution in [2.24, 2.45) is 0 Å². The number of hydrogen-bond donors (Lipinski definition) is 0. The number of rotatable bonds is 5. The van der Waals surface area contributed by atoms with Crippen LogP contribution in [0.1, 0.15) is 32.3 Å². The summed E-state index contributed by atoms with van der Waals surface area (Å²) >= 11 is 0. The maximum absolute atomic E-state index is 13.1. The largest absolute Gasteiger partial charge is 0.444 e. The lowest BCUT2D eigenvalue weighted by Gasteiger charge is -2.40. The molecule has 1 saturated heterocycles. The number of benzene rings is 2. The fourth-order valence-corrected chi connectivity index (χ4v) is 5.08. The second-order valence-corrected chi connectivity index (χ2v) is 10.7. The Morgan fingerprint density at radius 2 is 1.82 bits per heavy atom. The average Bonchev–Trinajstić information content (AvgIpc) is 3.09. The molecule has 4 rings (SSSR count). The molecule has 176 valence electrons. The topological polar surface area (TPSA) is 77.8 Å². The second-order valence-electron chi connectivity index (χ2n) is 8.87. The highest BCUT2D eigenvalue weighted by Gasteiger charge is 2.34. The first kappa shape index (κ1) is 23.0. The van der Waals surface area contributed by atoms with Crippen LogP contribution in [0, 0.1) is 0 Å². The molecule has 0 bridgehead atoms. The van der Waals surface area contributed by atoms with E-state index in [2.05, 4.69) is 4.74 Å². The number of carbonyl (C=O) groups excluding carboxylic acids is 1. The normalized spacial score (nSPS) is 15.0. The second kappa shape index (κ2) is 8.33. The molecular formula is C23H24F2N2O5S. The Balaban J connectivity index is 1.54. The number of halogens is 2. The van der Waals surface area contributed by atoms with Crippen LogP contribution < -0.4 is 4.74 Å². The van der Waals surface area contributed by atoms with Gasteiger partial charge in [0.05, 0.1) is 10.4 Å². The summed E-state index contributed by atoms with van der Waals surface area (Å²) in [6.07, 6.45) is 1.08. The average molecular weight is 479 g/mol. The lowest BCUT2D eigenvalue weighted by Crippen LogP contribution is -2.50. The van der Waals surface area contributed by atoms with Gasteiger partial charge in [0.1, 0.15) is 11.4 Å². The number of likely N-dealkylation sites (tertiary alicyclic amines) is 1. The van der Waals surface area contributed by atoms with Gasteiger partial charge in [0, 0.05) is 36.7 Å². The fourth-order valence-electron chi connectivity index (χ4n) is 3.69. The Labute approximate surface area is 190 Å². The maximum Gasteiger partial charge on any atom is 0.410 e. The van der Waals surface area contributed by atoms with E-state index in [1.165, 1.54) is 24.4 Å². The van der Waals surface area contributed by atoms with Gasteiger partial charge in [-0.25, -0.2) is 17.2 Å². The molecule has 1 aliphatic rings. The van der Waals surface area contributed by atoms with Crippen LogP contribution >= 0.6 is 0 Å². The van der Waals surface area contributed by atoms with Gasteiger partial charge >= 0.3 is 12.7 Å². The molecule has 0 radical (unpaired) electrons. The van der Waals surface area contributed by atoms with E-state index < -0.39 is 22.2 Å². The van der Waals surface area contributed by atoms with Gasteiger partial charge in [0.25, 0.3) is 10.0 Å². The molecule has 1 aromatic heterocycles. The first-order valence-corrected chi connectivity index (χ1v) is 11.8. The standard InChI is InChI=1S/C23H24F2N2O5S/c1-23(2,3)32-22(28)26-13-17(14-26)15-7-8-20-16(11-15)9-10-27(20)33(29,30)19-6-4-5-18(12-19)31-21(24)25/h4-12,17,21H,13-14H2,1-3H3. The Bertz CT molecular complexity index is 1290. The minimum absolute atomic E-state index is 0.130. The summed E-state index contributed by atoms with van der Waals surface area (Å²) < 4.78 is 62.1. The van der Waals surface area contributed by atoms with E-state index in [-0.39, 0.29) is 22.7 Å². The molecule has 1 fully saturated rings. The highest BCUT2D eigenvalue weighted by atomic mass is 32.2. The van der Waals surface area contributed by atoms with Gasteiger partial charge in [-0.1, -0.05) is 12.1 Å². The minimum atomic E-state index is -4.02. The zero-order valence-corrected chi connectivity index (χ0v) is 19.2. The van der Waals surface area contributed by atoms with Crippen LogP contribution in [0.15, 0.2) is 59.6 Å². The first-order chi connectivity index (χ1) is 15.4. The molecule has 7 nitrogen and oxygen atoms in total. The van der Waals surface area contributed by atoms with Crippen molar-refractivity contribution in [1.29, 1.82) is 0 Å². The molecule has 1 aliphatic heterocycles. The molecule has 1 amide bonds. The minimum Gasteiger partial charge on any atom is -0.444 e. The molecule has 0 unspecified atom stereocenters. The first-order valence-electron chi connectivity index (χ1n) is 10.3. The van der Waals surface area contributed by atoms with E-state index >= 15 is 0 Å². The SMILES string of the molecule is CC(C)(C)OC(=O)N1CC(c2ccc3c(ccn3S(=O)(=O)c3cccc(OC(F)F)c3)c2)C1. The number of hydrogen-bond acceptors (Lipinski definition) is 5. The fraction of sp³-hybridized carbons (Fsp3) is 0.348. The monoisotopic (exact) mass is 478 g/mol. The number of amides is 1. The van der Waals surface area contributed by atoms with Crippen LogP contribution in [-0.2, 0) is 14.8 Å². The summed E-state index contributed by atoms with van der Waals surface area (Å²) in [6, 6.07) is 12.1. The van der Waals surface area contributed by atoms with Gasteiger partial charge in [-0.15, -0.1) is 0 Å². The molecule has 2 heterocycles. The third-order valence-corrected chi connectivity index (χ3v) is 6.96. The van der Waals surface area contributed by atoms with Crippen LogP contribution in [0.4, 0.5) is 13.6 Å². The maximum atomic E-state index is 13.1. The third kappa shape index (κ3) is 4.80. The Morgan fingerprint density at radius 3 is 2.48 bits per heavy atom. The number of nitrogens with zero attached hydrogens (tertiary/aromatic N) is 2. The molecule has 0 N–H and O–H groups in total.